The van der Waals surface area contributed by atoms with Crippen molar-refractivity contribution in [3.8, 4) is 5.75 Å². The van der Waals surface area contributed by atoms with Gasteiger partial charge in [-0.15, -0.1) is 0 Å². The van der Waals surface area contributed by atoms with Crippen molar-refractivity contribution in [1.29, 1.82) is 0 Å². The number of rotatable bonds is 5. The summed E-state index contributed by atoms with van der Waals surface area (Å²) < 4.78 is 6.50. The fourth-order valence-electron chi connectivity index (χ4n) is 1.31. The van der Waals surface area contributed by atoms with Crippen LogP contribution in [0.3, 0.4) is 0 Å². The van der Waals surface area contributed by atoms with Crippen molar-refractivity contribution in [3.05, 3.63) is 28.2 Å². The van der Waals surface area contributed by atoms with Gasteiger partial charge in [0.1, 0.15) is 5.75 Å². The molecule has 1 aromatic rings. The molecule has 0 fully saturated rings. The summed E-state index contributed by atoms with van der Waals surface area (Å²) in [6.45, 7) is 3.87. The largest absolute Gasteiger partial charge is 0.492 e. The van der Waals surface area contributed by atoms with E-state index in [4.69, 9.17) is 16.2 Å². The SMILES string of the molecule is CC(COc1cc(Br)ccc1[C@H](C)N)C(N)=O. The molecule has 0 aliphatic heterocycles. The first-order chi connectivity index (χ1) is 7.91. The van der Waals surface area contributed by atoms with E-state index >= 15 is 0 Å². The predicted molar refractivity (Wildman–Crippen MR) is 70.6 cm³/mol. The zero-order valence-corrected chi connectivity index (χ0v) is 11.5. The Morgan fingerprint density at radius 2 is 2.12 bits per heavy atom. The standard InChI is InChI=1S/C12H17BrN2O2/c1-7(12(15)16)6-17-11-5-9(13)3-4-10(11)8(2)14/h3-5,7-8H,6,14H2,1-2H3,(H2,15,16)/t7?,8-/m0/s1. The first-order valence-electron chi connectivity index (χ1n) is 5.39. The van der Waals surface area contributed by atoms with Crippen LogP contribution in [-0.2, 0) is 4.79 Å². The van der Waals surface area contributed by atoms with Crippen LogP contribution in [0.5, 0.6) is 5.75 Å². The van der Waals surface area contributed by atoms with Crippen LogP contribution in [-0.4, -0.2) is 12.5 Å². The van der Waals surface area contributed by atoms with E-state index in [0.29, 0.717) is 5.75 Å². The van der Waals surface area contributed by atoms with Gasteiger partial charge in [0.15, 0.2) is 0 Å². The molecule has 4 nitrogen and oxygen atoms in total. The molecule has 0 spiro atoms. The smallest absolute Gasteiger partial charge is 0.223 e. The third-order valence-electron chi connectivity index (χ3n) is 2.44. The summed E-state index contributed by atoms with van der Waals surface area (Å²) in [4.78, 5) is 10.9. The molecule has 0 aliphatic rings. The van der Waals surface area contributed by atoms with Crippen molar-refractivity contribution in [2.24, 2.45) is 17.4 Å². The molecule has 0 heterocycles. The van der Waals surface area contributed by atoms with E-state index in [1.54, 1.807) is 6.92 Å². The molecule has 1 aromatic carbocycles. The molecule has 0 radical (unpaired) electrons. The molecule has 0 aliphatic carbocycles. The van der Waals surface area contributed by atoms with E-state index in [-0.39, 0.29) is 24.5 Å². The Balaban J connectivity index is 2.82. The second kappa shape index (κ2) is 6.02. The van der Waals surface area contributed by atoms with Crippen LogP contribution in [0, 0.1) is 5.92 Å². The molecule has 4 N–H and O–H groups in total. The zero-order chi connectivity index (χ0) is 13.0. The maximum atomic E-state index is 10.9. The molecule has 0 saturated heterocycles. The van der Waals surface area contributed by atoms with Gasteiger partial charge in [-0.25, -0.2) is 0 Å². The fraction of sp³-hybridized carbons (Fsp3) is 0.417. The van der Waals surface area contributed by atoms with E-state index in [1.165, 1.54) is 0 Å². The number of hydrogen-bond acceptors (Lipinski definition) is 3. The van der Waals surface area contributed by atoms with Gasteiger partial charge in [-0.05, 0) is 19.1 Å². The van der Waals surface area contributed by atoms with Crippen molar-refractivity contribution < 1.29 is 9.53 Å². The normalized spacial score (nSPS) is 14.1. The summed E-state index contributed by atoms with van der Waals surface area (Å²) in [6.07, 6.45) is 0. The highest BCUT2D eigenvalue weighted by molar-refractivity contribution is 9.10. The van der Waals surface area contributed by atoms with Crippen molar-refractivity contribution in [3.63, 3.8) is 0 Å². The lowest BCUT2D eigenvalue weighted by Crippen LogP contribution is -2.26. The van der Waals surface area contributed by atoms with E-state index in [9.17, 15) is 4.79 Å². The highest BCUT2D eigenvalue weighted by Gasteiger charge is 2.13. The Hall–Kier alpha value is -1.07. The van der Waals surface area contributed by atoms with Gasteiger partial charge in [0.05, 0.1) is 12.5 Å². The summed E-state index contributed by atoms with van der Waals surface area (Å²) in [5.74, 6) is -0.0141. The molecule has 94 valence electrons. The van der Waals surface area contributed by atoms with Crippen LogP contribution in [0.15, 0.2) is 22.7 Å². The molecule has 0 aromatic heterocycles. The minimum atomic E-state index is -0.373. The van der Waals surface area contributed by atoms with E-state index in [0.717, 1.165) is 10.0 Å². The van der Waals surface area contributed by atoms with E-state index in [2.05, 4.69) is 15.9 Å². The minimum absolute atomic E-state index is 0.123. The van der Waals surface area contributed by atoms with Crippen molar-refractivity contribution in [1.82, 2.24) is 0 Å². The van der Waals surface area contributed by atoms with Gasteiger partial charge in [0.2, 0.25) is 5.91 Å². The fourth-order valence-corrected chi connectivity index (χ4v) is 1.65. The van der Waals surface area contributed by atoms with Gasteiger partial charge in [0.25, 0.3) is 0 Å². The highest BCUT2D eigenvalue weighted by Crippen LogP contribution is 2.27. The quantitative estimate of drug-likeness (QED) is 0.872. The summed E-state index contributed by atoms with van der Waals surface area (Å²) in [5.41, 5.74) is 11.9. The number of carbonyl (C=O) groups excluding carboxylic acids is 1. The topological polar surface area (TPSA) is 78.3 Å². The minimum Gasteiger partial charge on any atom is -0.492 e. The van der Waals surface area contributed by atoms with Crippen LogP contribution in [0.25, 0.3) is 0 Å². The van der Waals surface area contributed by atoms with Gasteiger partial charge in [-0.3, -0.25) is 4.79 Å². The molecule has 0 saturated carbocycles. The maximum Gasteiger partial charge on any atom is 0.223 e. The maximum absolute atomic E-state index is 10.9. The lowest BCUT2D eigenvalue weighted by atomic mass is 10.1. The van der Waals surface area contributed by atoms with E-state index in [1.807, 2.05) is 25.1 Å². The molecular formula is C12H17BrN2O2. The number of primary amides is 1. The zero-order valence-electron chi connectivity index (χ0n) is 9.94. The van der Waals surface area contributed by atoms with Crippen LogP contribution in [0.4, 0.5) is 0 Å². The van der Waals surface area contributed by atoms with Crippen molar-refractivity contribution in [2.45, 2.75) is 19.9 Å². The lowest BCUT2D eigenvalue weighted by molar-refractivity contribution is -0.122. The first-order valence-corrected chi connectivity index (χ1v) is 6.18. The van der Waals surface area contributed by atoms with Gasteiger partial charge in [-0.1, -0.05) is 28.9 Å². The number of hydrogen-bond donors (Lipinski definition) is 2. The molecule has 1 amide bonds. The predicted octanol–water partition coefficient (Wildman–Crippen LogP) is 1.97. The second-order valence-electron chi connectivity index (χ2n) is 4.09. The van der Waals surface area contributed by atoms with Gasteiger partial charge >= 0.3 is 0 Å². The van der Waals surface area contributed by atoms with Crippen molar-refractivity contribution >= 4 is 21.8 Å². The Bertz CT molecular complexity index is 407. The van der Waals surface area contributed by atoms with Crippen LogP contribution < -0.4 is 16.2 Å². The van der Waals surface area contributed by atoms with Crippen LogP contribution in [0.2, 0.25) is 0 Å². The monoisotopic (exact) mass is 300 g/mol. The second-order valence-corrected chi connectivity index (χ2v) is 5.00. The number of benzene rings is 1. The summed E-state index contributed by atoms with van der Waals surface area (Å²) >= 11 is 3.37. The first kappa shape index (κ1) is 14.0. The third kappa shape index (κ3) is 4.02. The summed E-state index contributed by atoms with van der Waals surface area (Å²) in [5, 5.41) is 0. The molecule has 17 heavy (non-hydrogen) atoms. The summed E-state index contributed by atoms with van der Waals surface area (Å²) in [7, 11) is 0. The Labute approximate surface area is 109 Å². The number of carbonyl (C=O) groups is 1. The molecular weight excluding hydrogens is 284 g/mol. The highest BCUT2D eigenvalue weighted by atomic mass is 79.9. The third-order valence-corrected chi connectivity index (χ3v) is 2.93. The average molecular weight is 301 g/mol. The number of amides is 1. The molecule has 0 bridgehead atoms. The summed E-state index contributed by atoms with van der Waals surface area (Å²) in [6, 6.07) is 5.52. The number of ether oxygens (including phenoxy) is 1. The lowest BCUT2D eigenvalue weighted by Gasteiger charge is -2.16. The number of nitrogens with two attached hydrogens (primary N) is 2. The van der Waals surface area contributed by atoms with Gasteiger partial charge in [0, 0.05) is 16.1 Å². The van der Waals surface area contributed by atoms with Crippen LogP contribution >= 0.6 is 15.9 Å². The number of halogens is 1. The average Bonchev–Trinajstić information content (AvgIpc) is 2.25. The Morgan fingerprint density at radius 3 is 2.65 bits per heavy atom. The van der Waals surface area contributed by atoms with Crippen molar-refractivity contribution in [2.75, 3.05) is 6.61 Å². The van der Waals surface area contributed by atoms with E-state index < -0.39 is 0 Å². The molecule has 1 unspecified atom stereocenters. The van der Waals surface area contributed by atoms with Crippen LogP contribution in [0.1, 0.15) is 25.5 Å². The molecule has 2 atom stereocenters. The Morgan fingerprint density at radius 1 is 1.47 bits per heavy atom. The Kier molecular flexibility index (Phi) is 4.96. The van der Waals surface area contributed by atoms with Gasteiger partial charge in [-0.2, -0.15) is 0 Å². The van der Waals surface area contributed by atoms with Gasteiger partial charge < -0.3 is 16.2 Å². The molecule has 1 rings (SSSR count). The molecule has 5 heteroatoms.